The lowest BCUT2D eigenvalue weighted by molar-refractivity contribution is 0.136. The number of hydrogen-bond acceptors (Lipinski definition) is 1. The van der Waals surface area contributed by atoms with Crippen LogP contribution in [0, 0.1) is 11.3 Å². The second-order valence-corrected chi connectivity index (χ2v) is 6.12. The van der Waals surface area contributed by atoms with Gasteiger partial charge in [0.05, 0.1) is 0 Å². The zero-order valence-electron chi connectivity index (χ0n) is 9.22. The second kappa shape index (κ2) is 2.52. The number of fused-ring (bicyclic) bond motifs is 1. The third-order valence-electron chi connectivity index (χ3n) is 4.86. The van der Waals surface area contributed by atoms with E-state index in [4.69, 9.17) is 0 Å². The molecule has 1 saturated carbocycles. The van der Waals surface area contributed by atoms with Crippen LogP contribution in [0.4, 0.5) is 4.39 Å². The molecule has 0 radical (unpaired) electrons. The Labute approximate surface area is 85.7 Å². The first kappa shape index (κ1) is 9.14. The van der Waals surface area contributed by atoms with Crippen LogP contribution in [-0.4, -0.2) is 29.7 Å². The second-order valence-electron chi connectivity index (χ2n) is 6.12. The van der Waals surface area contributed by atoms with E-state index in [1.807, 2.05) is 0 Å². The Balaban J connectivity index is 1.90. The van der Waals surface area contributed by atoms with Gasteiger partial charge in [0.2, 0.25) is 0 Å². The van der Waals surface area contributed by atoms with Gasteiger partial charge in [0, 0.05) is 18.6 Å². The topological polar surface area (TPSA) is 3.24 Å². The molecule has 3 fully saturated rings. The minimum atomic E-state index is -0.562. The summed E-state index contributed by atoms with van der Waals surface area (Å²) in [4.78, 5) is 2.47. The highest BCUT2D eigenvalue weighted by Gasteiger charge is 2.62. The van der Waals surface area contributed by atoms with Gasteiger partial charge >= 0.3 is 0 Å². The lowest BCUT2D eigenvalue weighted by Gasteiger charge is -2.35. The Hall–Kier alpha value is -0.110. The molecule has 2 atom stereocenters. The molecular formula is C12H20FN. The van der Waals surface area contributed by atoms with E-state index < -0.39 is 6.17 Å². The van der Waals surface area contributed by atoms with Crippen molar-refractivity contribution in [3.05, 3.63) is 0 Å². The zero-order valence-corrected chi connectivity index (χ0v) is 9.22. The van der Waals surface area contributed by atoms with E-state index in [1.54, 1.807) is 0 Å². The molecule has 1 spiro atoms. The van der Waals surface area contributed by atoms with Gasteiger partial charge in [0.15, 0.2) is 0 Å². The largest absolute Gasteiger partial charge is 0.294 e. The molecule has 2 saturated heterocycles. The number of hydrogen-bond donors (Lipinski definition) is 0. The third kappa shape index (κ3) is 1.04. The minimum Gasteiger partial charge on any atom is -0.294 e. The van der Waals surface area contributed by atoms with Crippen LogP contribution >= 0.6 is 0 Å². The molecule has 0 bridgehead atoms. The van der Waals surface area contributed by atoms with Crippen molar-refractivity contribution in [2.24, 2.45) is 11.3 Å². The molecule has 3 aliphatic rings. The fourth-order valence-electron chi connectivity index (χ4n) is 3.83. The zero-order chi connectivity index (χ0) is 9.97. The first-order valence-electron chi connectivity index (χ1n) is 5.96. The fraction of sp³-hybridized carbons (Fsp3) is 1.00. The maximum absolute atomic E-state index is 13.5. The molecule has 2 aliphatic heterocycles. The summed E-state index contributed by atoms with van der Waals surface area (Å²) < 4.78 is 13.5. The Morgan fingerprint density at radius 1 is 1.36 bits per heavy atom. The first-order chi connectivity index (χ1) is 6.56. The summed E-state index contributed by atoms with van der Waals surface area (Å²) in [6, 6.07) is 0. The lowest BCUT2D eigenvalue weighted by atomic mass is 9.79. The summed E-state index contributed by atoms with van der Waals surface area (Å²) in [6.07, 6.45) is 4.31. The van der Waals surface area contributed by atoms with E-state index in [-0.39, 0.29) is 5.54 Å². The molecule has 0 N–H and O–H groups in total. The molecule has 2 unspecified atom stereocenters. The quantitative estimate of drug-likeness (QED) is 0.624. The molecule has 3 rings (SSSR count). The molecule has 2 heterocycles. The molecule has 2 heteroatoms. The fourth-order valence-corrected chi connectivity index (χ4v) is 3.83. The van der Waals surface area contributed by atoms with Gasteiger partial charge in [-0.25, -0.2) is 4.39 Å². The number of rotatable bonds is 1. The Morgan fingerprint density at radius 2 is 2.07 bits per heavy atom. The molecule has 0 aromatic rings. The SMILES string of the molecule is CC(C)C12CC(F)CN1CC1(CC1)C2. The van der Waals surface area contributed by atoms with Crippen LogP contribution < -0.4 is 0 Å². The average molecular weight is 197 g/mol. The average Bonchev–Trinajstić information content (AvgIpc) is 2.62. The van der Waals surface area contributed by atoms with Crippen LogP contribution in [0.5, 0.6) is 0 Å². The molecular weight excluding hydrogens is 177 g/mol. The Morgan fingerprint density at radius 3 is 2.57 bits per heavy atom. The lowest BCUT2D eigenvalue weighted by Crippen LogP contribution is -2.42. The van der Waals surface area contributed by atoms with Gasteiger partial charge in [-0.05, 0) is 37.0 Å². The van der Waals surface area contributed by atoms with Crippen molar-refractivity contribution in [3.8, 4) is 0 Å². The van der Waals surface area contributed by atoms with E-state index in [0.717, 1.165) is 6.42 Å². The minimum absolute atomic E-state index is 0.232. The normalized spacial score (nSPS) is 45.0. The maximum Gasteiger partial charge on any atom is 0.115 e. The Bertz CT molecular complexity index is 259. The number of nitrogens with zero attached hydrogens (tertiary/aromatic N) is 1. The summed E-state index contributed by atoms with van der Waals surface area (Å²) in [6.45, 7) is 6.43. The van der Waals surface area contributed by atoms with Gasteiger partial charge in [0.1, 0.15) is 6.17 Å². The van der Waals surface area contributed by atoms with E-state index in [9.17, 15) is 4.39 Å². The molecule has 0 aromatic heterocycles. The van der Waals surface area contributed by atoms with Crippen LogP contribution in [0.1, 0.15) is 39.5 Å². The monoisotopic (exact) mass is 197 g/mol. The summed E-state index contributed by atoms with van der Waals surface area (Å²) in [5, 5.41) is 0. The first-order valence-corrected chi connectivity index (χ1v) is 5.96. The summed E-state index contributed by atoms with van der Waals surface area (Å²) >= 11 is 0. The van der Waals surface area contributed by atoms with E-state index >= 15 is 0 Å². The maximum atomic E-state index is 13.5. The molecule has 0 amide bonds. The van der Waals surface area contributed by atoms with Crippen molar-refractivity contribution in [2.45, 2.75) is 51.2 Å². The highest BCUT2D eigenvalue weighted by Crippen LogP contribution is 2.62. The smallest absolute Gasteiger partial charge is 0.115 e. The van der Waals surface area contributed by atoms with Crippen molar-refractivity contribution in [3.63, 3.8) is 0 Å². The van der Waals surface area contributed by atoms with Crippen molar-refractivity contribution < 1.29 is 4.39 Å². The standard InChI is InChI=1S/C12H20FN/c1-9(2)12-5-10(13)6-14(12)8-11(7-12)3-4-11/h9-10H,3-8H2,1-2H3. The van der Waals surface area contributed by atoms with Crippen molar-refractivity contribution in [1.29, 1.82) is 0 Å². The summed E-state index contributed by atoms with van der Waals surface area (Å²) in [5.41, 5.74) is 0.861. The van der Waals surface area contributed by atoms with Crippen LogP contribution in [0.3, 0.4) is 0 Å². The van der Waals surface area contributed by atoms with Gasteiger partial charge in [-0.3, -0.25) is 4.90 Å². The van der Waals surface area contributed by atoms with E-state index in [1.165, 1.54) is 25.8 Å². The molecule has 1 aliphatic carbocycles. The van der Waals surface area contributed by atoms with Crippen molar-refractivity contribution >= 4 is 0 Å². The number of halogens is 1. The molecule has 80 valence electrons. The highest BCUT2D eigenvalue weighted by molar-refractivity contribution is 5.16. The molecule has 0 aromatic carbocycles. The third-order valence-corrected chi connectivity index (χ3v) is 4.86. The molecule has 14 heavy (non-hydrogen) atoms. The highest BCUT2D eigenvalue weighted by atomic mass is 19.1. The van der Waals surface area contributed by atoms with Crippen LogP contribution in [0.25, 0.3) is 0 Å². The Kier molecular flexibility index (Phi) is 1.65. The summed E-state index contributed by atoms with van der Waals surface area (Å²) in [5.74, 6) is 0.614. The predicted molar refractivity (Wildman–Crippen MR) is 54.9 cm³/mol. The van der Waals surface area contributed by atoms with Crippen LogP contribution in [0.2, 0.25) is 0 Å². The van der Waals surface area contributed by atoms with Gasteiger partial charge in [-0.2, -0.15) is 0 Å². The van der Waals surface area contributed by atoms with Crippen molar-refractivity contribution in [2.75, 3.05) is 13.1 Å². The van der Waals surface area contributed by atoms with Gasteiger partial charge < -0.3 is 0 Å². The van der Waals surface area contributed by atoms with Gasteiger partial charge in [-0.15, -0.1) is 0 Å². The molecule has 1 nitrogen and oxygen atoms in total. The number of alkyl halides is 1. The van der Waals surface area contributed by atoms with E-state index in [2.05, 4.69) is 18.7 Å². The van der Waals surface area contributed by atoms with Gasteiger partial charge in [-0.1, -0.05) is 13.8 Å². The van der Waals surface area contributed by atoms with Crippen LogP contribution in [-0.2, 0) is 0 Å². The predicted octanol–water partition coefficient (Wildman–Crippen LogP) is 2.61. The van der Waals surface area contributed by atoms with Crippen LogP contribution in [0.15, 0.2) is 0 Å². The van der Waals surface area contributed by atoms with Gasteiger partial charge in [0.25, 0.3) is 0 Å². The summed E-state index contributed by atoms with van der Waals surface area (Å²) in [7, 11) is 0. The van der Waals surface area contributed by atoms with Crippen molar-refractivity contribution in [1.82, 2.24) is 4.90 Å². The van der Waals surface area contributed by atoms with E-state index in [0.29, 0.717) is 17.9 Å².